The van der Waals surface area contributed by atoms with Crippen molar-refractivity contribution in [2.45, 2.75) is 45.4 Å². The minimum absolute atomic E-state index is 0.000346. The number of phenols is 1. The first-order valence-electron chi connectivity index (χ1n) is 31.2. The number of carbonyl (C=O) groups is 9. The normalized spacial score (nSPS) is 13.8. The lowest BCUT2D eigenvalue weighted by molar-refractivity contribution is -0.121. The van der Waals surface area contributed by atoms with Crippen molar-refractivity contribution in [1.29, 1.82) is 0 Å². The van der Waals surface area contributed by atoms with E-state index < -0.39 is 23.6 Å². The molecule has 0 aliphatic carbocycles. The number of rotatable bonds is 24. The third kappa shape index (κ3) is 17.3. The molecule has 0 bridgehead atoms. The van der Waals surface area contributed by atoms with Crippen LogP contribution in [0.2, 0.25) is 0 Å². The van der Waals surface area contributed by atoms with E-state index in [0.717, 1.165) is 68.5 Å². The van der Waals surface area contributed by atoms with Gasteiger partial charge in [-0.1, -0.05) is 13.3 Å². The Morgan fingerprint density at radius 3 is 1.72 bits per heavy atom. The van der Waals surface area contributed by atoms with Gasteiger partial charge in [-0.25, -0.2) is 19.9 Å². The number of unbranched alkanes of at least 4 members (excludes halogenated alkanes) is 1. The monoisotopic (exact) mass is 1340 g/mol. The number of halogens is 1. The maximum Gasteiger partial charge on any atom is 0.292 e. The highest BCUT2D eigenvalue weighted by Gasteiger charge is 2.36. The number of nitrogens with zero attached hydrogens (tertiary/aromatic N) is 12. The highest BCUT2D eigenvalue weighted by Crippen LogP contribution is 2.46. The Labute approximate surface area is 557 Å². The van der Waals surface area contributed by atoms with Crippen molar-refractivity contribution in [3.05, 3.63) is 113 Å². The number of aromatic amines is 1. The van der Waals surface area contributed by atoms with Crippen LogP contribution in [0.1, 0.15) is 114 Å². The molecular weight excluding hydrogens is 1260 g/mol. The van der Waals surface area contributed by atoms with Gasteiger partial charge >= 0.3 is 0 Å². The number of likely N-dealkylation sites (N-methyl/N-ethyl adjacent to an activating group) is 2. The van der Waals surface area contributed by atoms with E-state index in [0.29, 0.717) is 53.0 Å². The number of benzene rings is 3. The number of carbonyl (C=O) groups excluding carboxylic acids is 9. The van der Waals surface area contributed by atoms with Crippen molar-refractivity contribution in [2.24, 2.45) is 28.2 Å². The summed E-state index contributed by atoms with van der Waals surface area (Å²) in [4.78, 5) is 142. The van der Waals surface area contributed by atoms with Gasteiger partial charge in [0.15, 0.2) is 23.3 Å². The van der Waals surface area contributed by atoms with Crippen LogP contribution in [0.3, 0.4) is 0 Å². The molecule has 3 aromatic carbocycles. The fraction of sp³-hybridized carbons (Fsp3) is 0.391. The summed E-state index contributed by atoms with van der Waals surface area (Å²) in [5.74, 6) is -3.12. The standard InChI is InChI=1S/C35H51N17O6.C29H29ClN4O4/c1-46(2)21-27(54)38-22-17-49(5)29(39-22)33(56)44-24-19-51(7)31(41-24)35(58)45-25-20-50(6)30(42-25)34(57)43-23-18-48(4)28(40-23)32(55)37-11-9-26(53)36-10-8-12-52-15-13-47(3)14-16-52;1-3-4-9-31-28(37)17-5-7-21-22(11-17)27-19(14-30)15-34(25(27)13-26(21)36)29(38)24-12-18-10-20(32-16(2)35)6-8-23(18)33-24/h17-20H,8-16,21H2,1-7H3,(H,36,53)(H,37,55)(H,38,54)(H,43,57)(H,44,56)(H,45,58);5-8,10-13,19,33,36H,3-4,9,14-15H2,1-2H3,(H,31,37)(H,32,35). The van der Waals surface area contributed by atoms with Crippen LogP contribution in [0.5, 0.6) is 5.75 Å². The number of phenolic OH excluding ortho intramolecular Hbond substituents is 1. The van der Waals surface area contributed by atoms with Gasteiger partial charge in [0.05, 0.1) is 12.2 Å². The number of aromatic hydroxyl groups is 1. The highest BCUT2D eigenvalue weighted by atomic mass is 35.5. The molecular formula is C64H80ClN21O10. The van der Waals surface area contributed by atoms with E-state index in [1.807, 2.05) is 6.07 Å². The van der Waals surface area contributed by atoms with Gasteiger partial charge in [0.2, 0.25) is 41.0 Å². The lowest BCUT2D eigenvalue weighted by Crippen LogP contribution is -2.45. The zero-order valence-electron chi connectivity index (χ0n) is 55.0. The second-order valence-corrected chi connectivity index (χ2v) is 24.2. The van der Waals surface area contributed by atoms with Gasteiger partial charge in [0.1, 0.15) is 11.4 Å². The van der Waals surface area contributed by atoms with Crippen LogP contribution in [0.15, 0.2) is 73.3 Å². The zero-order valence-corrected chi connectivity index (χ0v) is 55.7. The third-order valence-corrected chi connectivity index (χ3v) is 16.3. The number of nitrogens with one attached hydrogen (secondary N) is 9. The molecule has 31 nitrogen and oxygen atoms in total. The molecule has 2 aliphatic heterocycles. The summed E-state index contributed by atoms with van der Waals surface area (Å²) in [7, 11) is 11.9. The number of piperazine rings is 1. The average molecular weight is 1340 g/mol. The molecule has 2 aliphatic rings. The first kappa shape index (κ1) is 69.8. The van der Waals surface area contributed by atoms with E-state index in [2.05, 4.69) is 91.2 Å². The molecule has 32 heteroatoms. The Hall–Kier alpha value is -10.5. The third-order valence-electron chi connectivity index (χ3n) is 15.9. The zero-order chi connectivity index (χ0) is 69.1. The lowest BCUT2D eigenvalue weighted by Gasteiger charge is -2.32. The molecule has 9 amide bonds. The van der Waals surface area contributed by atoms with Crippen LogP contribution < -0.4 is 47.4 Å². The minimum atomic E-state index is -0.671. The summed E-state index contributed by atoms with van der Waals surface area (Å²) < 4.78 is 5.68. The molecule has 1 atom stereocenters. The molecule has 8 aromatic rings. The van der Waals surface area contributed by atoms with Crippen molar-refractivity contribution in [1.82, 2.24) is 73.8 Å². The van der Waals surface area contributed by atoms with Crippen LogP contribution in [0.4, 0.5) is 34.6 Å². The highest BCUT2D eigenvalue weighted by molar-refractivity contribution is 6.19. The molecule has 1 unspecified atom stereocenters. The Morgan fingerprint density at radius 2 is 1.17 bits per heavy atom. The number of anilines is 6. The largest absolute Gasteiger partial charge is 0.507 e. The summed E-state index contributed by atoms with van der Waals surface area (Å²) >= 11 is 6.38. The molecule has 508 valence electrons. The van der Waals surface area contributed by atoms with Crippen molar-refractivity contribution in [3.63, 3.8) is 0 Å². The second-order valence-electron chi connectivity index (χ2n) is 23.9. The molecule has 0 radical (unpaired) electrons. The molecule has 0 spiro atoms. The second kappa shape index (κ2) is 31.2. The van der Waals surface area contributed by atoms with Crippen LogP contribution in [-0.4, -0.2) is 209 Å². The van der Waals surface area contributed by atoms with E-state index in [9.17, 15) is 48.3 Å². The number of fused-ring (bicyclic) bond motifs is 4. The van der Waals surface area contributed by atoms with Crippen molar-refractivity contribution in [3.8, 4) is 5.75 Å². The lowest BCUT2D eigenvalue weighted by atomic mass is 9.94. The van der Waals surface area contributed by atoms with Crippen LogP contribution in [0.25, 0.3) is 21.7 Å². The first-order chi connectivity index (χ1) is 45.9. The Bertz CT molecular complexity index is 4250. The first-order valence-corrected chi connectivity index (χ1v) is 31.7. The SMILES string of the molecule is CCCCNC(=O)c1ccc2c(O)cc3c(c2c1)C(CCl)CN3C(=O)c1cc2cc(NC(C)=O)ccc2[nH]1.CN(C)CC(=O)Nc1cn(C)c(C(=O)Nc2cn(C)c(C(=O)Nc3cn(C)c(C(=O)Nc4cn(C)c(C(=O)NCCC(=O)NCCCN5CCN(C)CC5)n4)n3)n2)n1. The number of aromatic nitrogens is 9. The van der Waals surface area contributed by atoms with Crippen LogP contribution in [-0.2, 0) is 42.6 Å². The van der Waals surface area contributed by atoms with Gasteiger partial charge in [-0.2, -0.15) is 0 Å². The quantitative estimate of drug-likeness (QED) is 0.0299. The van der Waals surface area contributed by atoms with E-state index in [1.165, 1.54) is 50.0 Å². The molecule has 10 rings (SSSR count). The van der Waals surface area contributed by atoms with E-state index in [1.54, 1.807) is 94.6 Å². The Balaban J connectivity index is 0.000000245. The summed E-state index contributed by atoms with van der Waals surface area (Å²) in [5.41, 5.74) is 3.69. The molecule has 1 fully saturated rings. The van der Waals surface area contributed by atoms with Crippen LogP contribution in [0, 0.1) is 0 Å². The van der Waals surface area contributed by atoms with Gasteiger partial charge < -0.3 is 90.5 Å². The maximum atomic E-state index is 13.7. The molecule has 7 heterocycles. The fourth-order valence-corrected chi connectivity index (χ4v) is 11.3. The molecule has 96 heavy (non-hydrogen) atoms. The number of amides is 9. The minimum Gasteiger partial charge on any atom is -0.507 e. The summed E-state index contributed by atoms with van der Waals surface area (Å²) in [5, 5.41) is 34.6. The van der Waals surface area contributed by atoms with Gasteiger partial charge in [-0.05, 0) is 93.9 Å². The number of hydrogen-bond donors (Lipinski definition) is 10. The van der Waals surface area contributed by atoms with E-state index >= 15 is 0 Å². The number of hydrogen-bond acceptors (Lipinski definition) is 17. The molecule has 10 N–H and O–H groups in total. The van der Waals surface area contributed by atoms with E-state index in [-0.39, 0.29) is 113 Å². The van der Waals surface area contributed by atoms with Gasteiger partial charge in [-0.3, -0.25) is 43.2 Å². The molecule has 0 saturated carbocycles. The summed E-state index contributed by atoms with van der Waals surface area (Å²) in [6, 6.07) is 13.9. The topological polar surface area (TPSA) is 370 Å². The number of H-pyrrole nitrogens is 1. The molecule has 1 saturated heterocycles. The summed E-state index contributed by atoms with van der Waals surface area (Å²) in [6.07, 6.45) is 8.65. The van der Waals surface area contributed by atoms with Crippen molar-refractivity contribution >= 4 is 121 Å². The van der Waals surface area contributed by atoms with Gasteiger partial charge in [-0.15, -0.1) is 11.6 Å². The number of alkyl halides is 1. The van der Waals surface area contributed by atoms with Gasteiger partial charge in [0, 0.05) is 164 Å². The maximum absolute atomic E-state index is 13.7. The van der Waals surface area contributed by atoms with Crippen molar-refractivity contribution in [2.75, 3.05) is 124 Å². The predicted octanol–water partition coefficient (Wildman–Crippen LogP) is 4.25. The van der Waals surface area contributed by atoms with E-state index in [4.69, 9.17) is 11.6 Å². The smallest absolute Gasteiger partial charge is 0.292 e. The van der Waals surface area contributed by atoms with Gasteiger partial charge in [0.25, 0.3) is 35.4 Å². The average Bonchev–Trinajstić information content (AvgIpc) is 1.55. The van der Waals surface area contributed by atoms with Crippen molar-refractivity contribution < 1.29 is 48.3 Å². The predicted molar refractivity (Wildman–Crippen MR) is 363 cm³/mol. The Morgan fingerprint density at radius 1 is 0.615 bits per heavy atom. The fourth-order valence-electron chi connectivity index (χ4n) is 11.1. The summed E-state index contributed by atoms with van der Waals surface area (Å²) in [6.45, 7) is 10.3. The molecule has 5 aromatic heterocycles. The Kier molecular flexibility index (Phi) is 22.7. The number of imidazole rings is 4. The van der Waals surface area contributed by atoms with Crippen LogP contribution >= 0.6 is 11.6 Å². The number of aryl methyl sites for hydroxylation is 4.